The summed E-state index contributed by atoms with van der Waals surface area (Å²) in [5.74, 6) is -1.75. The molecule has 0 amide bonds. The molecule has 18 heavy (non-hydrogen) atoms. The van der Waals surface area contributed by atoms with E-state index < -0.39 is 12.0 Å². The minimum Gasteiger partial charge on any atom is -0.284 e. The molecule has 0 fully saturated rings. The summed E-state index contributed by atoms with van der Waals surface area (Å²) >= 11 is 1.16. The molecule has 0 atom stereocenters. The summed E-state index contributed by atoms with van der Waals surface area (Å²) in [6, 6.07) is 8.64. The molecule has 1 rings (SSSR count). The lowest BCUT2D eigenvalue weighted by Gasteiger charge is -2.13. The van der Waals surface area contributed by atoms with E-state index in [2.05, 4.69) is 0 Å². The van der Waals surface area contributed by atoms with Gasteiger partial charge in [-0.3, -0.25) is 4.79 Å². The first-order chi connectivity index (χ1) is 8.41. The Bertz CT molecular complexity index is 449. The van der Waals surface area contributed by atoms with E-state index in [4.69, 9.17) is 0 Å². The van der Waals surface area contributed by atoms with E-state index in [1.165, 1.54) is 0 Å². The van der Waals surface area contributed by atoms with E-state index in [9.17, 15) is 18.0 Å². The summed E-state index contributed by atoms with van der Waals surface area (Å²) in [4.78, 5) is 11.8. The maximum absolute atomic E-state index is 12.5. The maximum Gasteiger partial charge on any atom is 0.454 e. The number of allylic oxidation sites excluding steroid dienone is 1. The van der Waals surface area contributed by atoms with Gasteiger partial charge in [-0.25, -0.2) is 0 Å². The molecule has 0 aliphatic heterocycles. The average molecular weight is 274 g/mol. The fourth-order valence-corrected chi connectivity index (χ4v) is 2.46. The second kappa shape index (κ2) is 6.09. The van der Waals surface area contributed by atoms with Gasteiger partial charge in [0.05, 0.1) is 0 Å². The smallest absolute Gasteiger partial charge is 0.284 e. The summed E-state index contributed by atoms with van der Waals surface area (Å²) < 4.78 is 37.5. The van der Waals surface area contributed by atoms with Gasteiger partial charge in [0.15, 0.2) is 0 Å². The predicted octanol–water partition coefficient (Wildman–Crippen LogP) is 4.30. The number of thioether (sulfide) groups is 1. The normalized spacial score (nSPS) is 13.2. The number of carbonyl (C=O) groups excluding carboxylic acids is 1. The molecule has 0 N–H and O–H groups in total. The molecule has 0 unspecified atom stereocenters. The number of hydrogen-bond acceptors (Lipinski definition) is 2. The molecule has 0 spiro atoms. The van der Waals surface area contributed by atoms with E-state index in [1.54, 1.807) is 43.5 Å². The lowest BCUT2D eigenvalue weighted by atomic mass is 10.0. The Labute approximate surface area is 108 Å². The largest absolute Gasteiger partial charge is 0.454 e. The highest BCUT2D eigenvalue weighted by atomic mass is 32.2. The van der Waals surface area contributed by atoms with Crippen LogP contribution in [0.2, 0.25) is 0 Å². The number of benzene rings is 1. The molecule has 0 saturated carbocycles. The predicted molar refractivity (Wildman–Crippen MR) is 68.2 cm³/mol. The molecule has 0 aliphatic carbocycles. The third kappa shape index (κ3) is 3.38. The molecule has 0 bridgehead atoms. The maximum atomic E-state index is 12.5. The van der Waals surface area contributed by atoms with E-state index in [1.807, 2.05) is 0 Å². The molecule has 98 valence electrons. The van der Waals surface area contributed by atoms with Crippen LogP contribution in [-0.4, -0.2) is 18.2 Å². The number of hydrogen-bond donors (Lipinski definition) is 0. The van der Waals surface area contributed by atoms with Crippen LogP contribution in [0.4, 0.5) is 13.2 Å². The van der Waals surface area contributed by atoms with Gasteiger partial charge in [-0.05, 0) is 18.2 Å². The van der Waals surface area contributed by atoms with Gasteiger partial charge in [0.1, 0.15) is 0 Å². The lowest BCUT2D eigenvalue weighted by molar-refractivity contribution is -0.166. The van der Waals surface area contributed by atoms with Gasteiger partial charge in [0, 0.05) is 10.5 Å². The van der Waals surface area contributed by atoms with Gasteiger partial charge in [-0.1, -0.05) is 37.3 Å². The van der Waals surface area contributed by atoms with Gasteiger partial charge < -0.3 is 0 Å². The first kappa shape index (κ1) is 14.8. The number of rotatable bonds is 4. The van der Waals surface area contributed by atoms with Crippen molar-refractivity contribution < 1.29 is 18.0 Å². The van der Waals surface area contributed by atoms with Gasteiger partial charge in [-0.15, -0.1) is 11.8 Å². The molecule has 0 aliphatic rings. The summed E-state index contributed by atoms with van der Waals surface area (Å²) in [5.41, 5.74) is 0.459. The minimum absolute atomic E-state index is 0.0589. The Morgan fingerprint density at radius 3 is 2.17 bits per heavy atom. The number of alkyl halides is 3. The Hall–Kier alpha value is -1.23. The van der Waals surface area contributed by atoms with Crippen molar-refractivity contribution in [2.75, 3.05) is 6.26 Å². The average Bonchev–Trinajstić information content (AvgIpc) is 2.35. The van der Waals surface area contributed by atoms with Crippen molar-refractivity contribution in [3.05, 3.63) is 41.5 Å². The Balaban J connectivity index is 3.31. The second-order valence-electron chi connectivity index (χ2n) is 3.56. The summed E-state index contributed by atoms with van der Waals surface area (Å²) in [6.45, 7) is 1.55. The van der Waals surface area contributed by atoms with Crippen LogP contribution in [0.5, 0.6) is 0 Å². The SMILES string of the molecule is CC/C(C(=O)C(F)(F)F)=C(\SC)c1ccccc1. The van der Waals surface area contributed by atoms with Crippen LogP contribution in [0.3, 0.4) is 0 Å². The first-order valence-corrected chi connectivity index (χ1v) is 6.58. The number of ketones is 1. The molecule has 0 heterocycles. The van der Waals surface area contributed by atoms with Crippen LogP contribution in [0, 0.1) is 0 Å². The van der Waals surface area contributed by atoms with Crippen molar-refractivity contribution in [3.63, 3.8) is 0 Å². The fourth-order valence-electron chi connectivity index (χ4n) is 1.60. The Morgan fingerprint density at radius 1 is 1.22 bits per heavy atom. The number of carbonyl (C=O) groups is 1. The monoisotopic (exact) mass is 274 g/mol. The Kier molecular flexibility index (Phi) is 5.02. The molecule has 1 aromatic carbocycles. The molecular formula is C13H13F3OS. The number of halogens is 3. The molecule has 0 saturated heterocycles. The highest BCUT2D eigenvalue weighted by molar-refractivity contribution is 8.07. The molecular weight excluding hydrogens is 261 g/mol. The summed E-state index contributed by atoms with van der Waals surface area (Å²) in [7, 11) is 0. The molecule has 1 nitrogen and oxygen atoms in total. The van der Waals surface area contributed by atoms with E-state index in [0.29, 0.717) is 10.5 Å². The summed E-state index contributed by atoms with van der Waals surface area (Å²) in [6.07, 6.45) is -3.09. The van der Waals surface area contributed by atoms with E-state index in [-0.39, 0.29) is 12.0 Å². The van der Waals surface area contributed by atoms with Crippen LogP contribution in [0.25, 0.3) is 4.91 Å². The number of Topliss-reactive ketones (excluding diaryl/α,β-unsaturated/α-hetero) is 1. The molecule has 5 heteroatoms. The minimum atomic E-state index is -4.82. The van der Waals surface area contributed by atoms with Crippen LogP contribution < -0.4 is 0 Å². The third-order valence-electron chi connectivity index (χ3n) is 2.40. The van der Waals surface area contributed by atoms with Crippen LogP contribution in [0.1, 0.15) is 18.9 Å². The zero-order chi connectivity index (χ0) is 13.8. The van der Waals surface area contributed by atoms with Gasteiger partial charge in [0.25, 0.3) is 5.78 Å². The fraction of sp³-hybridized carbons (Fsp3) is 0.308. The molecule has 0 aromatic heterocycles. The standard InChI is InChI=1S/C13H13F3OS/c1-3-10(12(17)13(14,15)16)11(18-2)9-7-5-4-6-8-9/h4-8H,3H2,1-2H3/b11-10+. The van der Waals surface area contributed by atoms with E-state index in [0.717, 1.165) is 11.8 Å². The van der Waals surface area contributed by atoms with Crippen LogP contribution in [-0.2, 0) is 4.79 Å². The van der Waals surface area contributed by atoms with Crippen LogP contribution >= 0.6 is 11.8 Å². The Morgan fingerprint density at radius 2 is 1.78 bits per heavy atom. The van der Waals surface area contributed by atoms with Gasteiger partial charge >= 0.3 is 6.18 Å². The highest BCUT2D eigenvalue weighted by Gasteiger charge is 2.41. The topological polar surface area (TPSA) is 17.1 Å². The van der Waals surface area contributed by atoms with Gasteiger partial charge in [-0.2, -0.15) is 13.2 Å². The second-order valence-corrected chi connectivity index (χ2v) is 4.37. The molecule has 1 aromatic rings. The van der Waals surface area contributed by atoms with E-state index >= 15 is 0 Å². The zero-order valence-corrected chi connectivity index (χ0v) is 10.9. The lowest BCUT2D eigenvalue weighted by Crippen LogP contribution is -2.25. The van der Waals surface area contributed by atoms with Gasteiger partial charge in [0.2, 0.25) is 0 Å². The van der Waals surface area contributed by atoms with Crippen molar-refractivity contribution in [3.8, 4) is 0 Å². The zero-order valence-electron chi connectivity index (χ0n) is 10.0. The van der Waals surface area contributed by atoms with Crippen molar-refractivity contribution >= 4 is 22.5 Å². The van der Waals surface area contributed by atoms with Crippen molar-refractivity contribution in [2.45, 2.75) is 19.5 Å². The third-order valence-corrected chi connectivity index (χ3v) is 3.29. The quantitative estimate of drug-likeness (QED) is 0.761. The van der Waals surface area contributed by atoms with Crippen LogP contribution in [0.15, 0.2) is 35.9 Å². The first-order valence-electron chi connectivity index (χ1n) is 5.35. The van der Waals surface area contributed by atoms with Crippen molar-refractivity contribution in [1.82, 2.24) is 0 Å². The molecule has 0 radical (unpaired) electrons. The highest BCUT2D eigenvalue weighted by Crippen LogP contribution is 2.34. The summed E-state index contributed by atoms with van der Waals surface area (Å²) in [5, 5.41) is 0. The van der Waals surface area contributed by atoms with Crippen molar-refractivity contribution in [2.24, 2.45) is 0 Å². The van der Waals surface area contributed by atoms with Crippen molar-refractivity contribution in [1.29, 1.82) is 0 Å².